The molecule has 0 bridgehead atoms. The molecule has 0 aliphatic rings. The van der Waals surface area contributed by atoms with Gasteiger partial charge in [0.25, 0.3) is 5.91 Å². The molecule has 0 saturated carbocycles. The normalized spacial score (nSPS) is 11.3. The summed E-state index contributed by atoms with van der Waals surface area (Å²) in [6.45, 7) is -1.50. The molecule has 0 spiro atoms. The van der Waals surface area contributed by atoms with Crippen molar-refractivity contribution in [3.05, 3.63) is 28.7 Å². The van der Waals surface area contributed by atoms with E-state index in [1.807, 2.05) is 0 Å². The molecule has 0 aliphatic carbocycles. The van der Waals surface area contributed by atoms with Crippen molar-refractivity contribution in [3.8, 4) is 0 Å². The number of hydrogen-bond donors (Lipinski definition) is 1. The molecule has 0 fully saturated rings. The van der Waals surface area contributed by atoms with Gasteiger partial charge in [-0.15, -0.1) is 11.8 Å². The predicted octanol–water partition coefficient (Wildman–Crippen LogP) is 3.15. The van der Waals surface area contributed by atoms with Crippen LogP contribution in [-0.2, 0) is 9.63 Å². The second-order valence-electron chi connectivity index (χ2n) is 3.17. The third-order valence-corrected chi connectivity index (χ3v) is 3.15. The van der Waals surface area contributed by atoms with Crippen LogP contribution in [0.2, 0.25) is 0 Å². The lowest BCUT2D eigenvalue weighted by molar-refractivity contribution is -0.191. The lowest BCUT2D eigenvalue weighted by Crippen LogP contribution is -2.30. The van der Waals surface area contributed by atoms with E-state index in [1.165, 1.54) is 11.8 Å². The average Bonchev–Trinajstić information content (AvgIpc) is 2.26. The number of thioether (sulfide) groups is 1. The van der Waals surface area contributed by atoms with Gasteiger partial charge in [0.1, 0.15) is 0 Å². The Hall–Kier alpha value is -0.730. The Morgan fingerprint density at radius 2 is 1.94 bits per heavy atom. The van der Waals surface area contributed by atoms with Gasteiger partial charge < -0.3 is 0 Å². The van der Waals surface area contributed by atoms with Gasteiger partial charge in [0.2, 0.25) is 0 Å². The molecular formula is C10H9BrF3NO2S. The first kappa shape index (κ1) is 15.3. The Bertz CT molecular complexity index is 397. The summed E-state index contributed by atoms with van der Waals surface area (Å²) in [6.07, 6.45) is -4.45. The van der Waals surface area contributed by atoms with Gasteiger partial charge in [0, 0.05) is 9.37 Å². The molecule has 0 heterocycles. The minimum Gasteiger partial charge on any atom is -0.272 e. The summed E-state index contributed by atoms with van der Waals surface area (Å²) in [5, 5.41) is 0. The van der Waals surface area contributed by atoms with Crippen molar-refractivity contribution in [1.29, 1.82) is 0 Å². The van der Waals surface area contributed by atoms with Crippen molar-refractivity contribution in [3.63, 3.8) is 0 Å². The molecule has 3 nitrogen and oxygen atoms in total. The molecular weight excluding hydrogens is 335 g/mol. The van der Waals surface area contributed by atoms with Crippen LogP contribution in [0.15, 0.2) is 33.6 Å². The second-order valence-corrected chi connectivity index (χ2v) is 5.14. The molecule has 0 aromatic heterocycles. The smallest absolute Gasteiger partial charge is 0.272 e. The number of benzene rings is 1. The van der Waals surface area contributed by atoms with E-state index in [4.69, 9.17) is 0 Å². The molecule has 1 rings (SSSR count). The number of hydroxylamine groups is 1. The zero-order valence-electron chi connectivity index (χ0n) is 8.96. The number of rotatable bonds is 5. The highest BCUT2D eigenvalue weighted by Crippen LogP contribution is 2.20. The molecule has 1 aromatic carbocycles. The molecule has 1 amide bonds. The number of carbonyl (C=O) groups excluding carboxylic acids is 1. The highest BCUT2D eigenvalue weighted by molar-refractivity contribution is 9.10. The van der Waals surface area contributed by atoms with E-state index in [0.717, 1.165) is 9.37 Å². The predicted molar refractivity (Wildman–Crippen MR) is 65.0 cm³/mol. The van der Waals surface area contributed by atoms with Crippen LogP contribution in [-0.4, -0.2) is 24.4 Å². The number of amides is 1. The molecule has 18 heavy (non-hydrogen) atoms. The van der Waals surface area contributed by atoms with Gasteiger partial charge >= 0.3 is 6.18 Å². The number of halogens is 4. The first-order valence-electron chi connectivity index (χ1n) is 4.72. The zero-order valence-corrected chi connectivity index (χ0v) is 11.4. The van der Waals surface area contributed by atoms with Crippen LogP contribution >= 0.6 is 27.7 Å². The third-order valence-electron chi connectivity index (χ3n) is 1.61. The molecule has 0 atom stereocenters. The quantitative estimate of drug-likeness (QED) is 0.659. The molecule has 1 aromatic rings. The van der Waals surface area contributed by atoms with Crippen LogP contribution in [0.4, 0.5) is 13.2 Å². The highest BCUT2D eigenvalue weighted by atomic mass is 79.9. The van der Waals surface area contributed by atoms with Gasteiger partial charge in [-0.1, -0.05) is 15.9 Å². The van der Waals surface area contributed by atoms with Crippen molar-refractivity contribution in [2.45, 2.75) is 11.1 Å². The van der Waals surface area contributed by atoms with E-state index in [9.17, 15) is 18.0 Å². The van der Waals surface area contributed by atoms with Crippen molar-refractivity contribution < 1.29 is 22.8 Å². The Morgan fingerprint density at radius 3 is 2.50 bits per heavy atom. The lowest BCUT2D eigenvalue weighted by atomic mass is 10.4. The summed E-state index contributed by atoms with van der Waals surface area (Å²) in [7, 11) is 0. The fraction of sp³-hybridized carbons (Fsp3) is 0.300. The summed E-state index contributed by atoms with van der Waals surface area (Å²) in [4.78, 5) is 16.0. The fourth-order valence-corrected chi connectivity index (χ4v) is 1.86. The Morgan fingerprint density at radius 1 is 1.33 bits per heavy atom. The van der Waals surface area contributed by atoms with Crippen LogP contribution in [0.1, 0.15) is 0 Å². The van der Waals surface area contributed by atoms with Crippen LogP contribution in [0.5, 0.6) is 0 Å². The van der Waals surface area contributed by atoms with Gasteiger partial charge in [-0.25, -0.2) is 5.48 Å². The van der Waals surface area contributed by atoms with Crippen molar-refractivity contribution in [1.82, 2.24) is 5.48 Å². The van der Waals surface area contributed by atoms with E-state index in [-0.39, 0.29) is 5.75 Å². The van der Waals surface area contributed by atoms with Crippen LogP contribution in [0.3, 0.4) is 0 Å². The topological polar surface area (TPSA) is 38.3 Å². The van der Waals surface area contributed by atoms with E-state index in [2.05, 4.69) is 20.8 Å². The minimum absolute atomic E-state index is 0.0144. The van der Waals surface area contributed by atoms with E-state index >= 15 is 0 Å². The highest BCUT2D eigenvalue weighted by Gasteiger charge is 2.28. The monoisotopic (exact) mass is 343 g/mol. The first-order chi connectivity index (χ1) is 8.37. The number of nitrogens with one attached hydrogen (secondary N) is 1. The molecule has 0 unspecified atom stereocenters. The van der Waals surface area contributed by atoms with Crippen LogP contribution in [0, 0.1) is 0 Å². The zero-order chi connectivity index (χ0) is 13.6. The summed E-state index contributed by atoms with van der Waals surface area (Å²) in [6, 6.07) is 7.19. The van der Waals surface area contributed by atoms with Crippen molar-refractivity contribution in [2.24, 2.45) is 0 Å². The van der Waals surface area contributed by atoms with Crippen LogP contribution < -0.4 is 5.48 Å². The van der Waals surface area contributed by atoms with E-state index in [0.29, 0.717) is 0 Å². The first-order valence-corrected chi connectivity index (χ1v) is 6.50. The van der Waals surface area contributed by atoms with Gasteiger partial charge in [0.05, 0.1) is 5.75 Å². The van der Waals surface area contributed by atoms with Crippen molar-refractivity contribution in [2.75, 3.05) is 12.4 Å². The maximum atomic E-state index is 11.7. The molecule has 0 radical (unpaired) electrons. The summed E-state index contributed by atoms with van der Waals surface area (Å²) >= 11 is 4.46. The summed E-state index contributed by atoms with van der Waals surface area (Å²) in [5.74, 6) is -0.633. The van der Waals surface area contributed by atoms with Gasteiger partial charge in [0.15, 0.2) is 6.61 Å². The SMILES string of the molecule is O=C(CSc1ccc(Br)cc1)NOCC(F)(F)F. The molecule has 0 saturated heterocycles. The molecule has 100 valence electrons. The lowest BCUT2D eigenvalue weighted by Gasteiger charge is -2.08. The van der Waals surface area contributed by atoms with Gasteiger partial charge in [-0.3, -0.25) is 9.63 Å². The minimum atomic E-state index is -4.45. The Labute approximate surface area is 114 Å². The largest absolute Gasteiger partial charge is 0.414 e. The Balaban J connectivity index is 2.23. The third kappa shape index (κ3) is 6.87. The number of carbonyl (C=O) groups is 1. The Kier molecular flexibility index (Phi) is 5.97. The molecule has 8 heteroatoms. The average molecular weight is 344 g/mol. The van der Waals surface area contributed by atoms with Crippen LogP contribution in [0.25, 0.3) is 0 Å². The number of alkyl halides is 3. The second kappa shape index (κ2) is 7.01. The van der Waals surface area contributed by atoms with Gasteiger partial charge in [-0.2, -0.15) is 13.2 Å². The van der Waals surface area contributed by atoms with E-state index in [1.54, 1.807) is 29.7 Å². The summed E-state index contributed by atoms with van der Waals surface area (Å²) < 4.78 is 36.0. The molecule has 1 N–H and O–H groups in total. The van der Waals surface area contributed by atoms with E-state index < -0.39 is 18.7 Å². The standard InChI is InChI=1S/C10H9BrF3NO2S/c11-7-1-3-8(4-2-7)18-5-9(16)15-17-6-10(12,13)14/h1-4H,5-6H2,(H,15,16). The fourth-order valence-electron chi connectivity index (χ4n) is 0.908. The maximum absolute atomic E-state index is 11.7. The number of hydrogen-bond acceptors (Lipinski definition) is 3. The van der Waals surface area contributed by atoms with Crippen molar-refractivity contribution >= 4 is 33.6 Å². The maximum Gasteiger partial charge on any atom is 0.414 e. The summed E-state index contributed by atoms with van der Waals surface area (Å²) in [5.41, 5.74) is 1.73. The molecule has 0 aliphatic heterocycles. The van der Waals surface area contributed by atoms with Gasteiger partial charge in [-0.05, 0) is 24.3 Å².